The molecule has 0 spiro atoms. The fraction of sp³-hybridized carbons (Fsp3) is 0.286. The SMILES string of the molecule is Cc1noc([C@H](C)Sc2nnc(Cc3cccc(F)c3)o2)n1. The molecular weight excluding hydrogens is 307 g/mol. The minimum atomic E-state index is -0.285. The Balaban J connectivity index is 1.66. The van der Waals surface area contributed by atoms with Gasteiger partial charge < -0.3 is 8.94 Å². The van der Waals surface area contributed by atoms with Crippen LogP contribution >= 0.6 is 11.8 Å². The van der Waals surface area contributed by atoms with Crippen LogP contribution in [0.1, 0.15) is 35.3 Å². The highest BCUT2D eigenvalue weighted by molar-refractivity contribution is 7.99. The molecule has 1 aromatic carbocycles. The largest absolute Gasteiger partial charge is 0.416 e. The van der Waals surface area contributed by atoms with E-state index in [0.717, 1.165) is 5.56 Å². The first-order valence-electron chi connectivity index (χ1n) is 6.64. The van der Waals surface area contributed by atoms with Gasteiger partial charge in [-0.3, -0.25) is 0 Å². The van der Waals surface area contributed by atoms with Crippen LogP contribution in [0.3, 0.4) is 0 Å². The predicted octanol–water partition coefficient (Wildman–Crippen LogP) is 3.34. The van der Waals surface area contributed by atoms with Gasteiger partial charge in [0.2, 0.25) is 11.8 Å². The molecule has 3 rings (SSSR count). The lowest BCUT2D eigenvalue weighted by atomic mass is 10.1. The summed E-state index contributed by atoms with van der Waals surface area (Å²) in [5.74, 6) is 1.24. The second-order valence-corrected chi connectivity index (χ2v) is 6.00. The Morgan fingerprint density at radius 2 is 2.18 bits per heavy atom. The third-order valence-corrected chi connectivity index (χ3v) is 3.78. The molecule has 0 bridgehead atoms. The van der Waals surface area contributed by atoms with E-state index in [-0.39, 0.29) is 11.1 Å². The van der Waals surface area contributed by atoms with Crippen LogP contribution in [0.5, 0.6) is 0 Å². The van der Waals surface area contributed by atoms with Crippen LogP contribution in [0.25, 0.3) is 0 Å². The standard InChI is InChI=1S/C14H13FN4O2S/c1-8(13-16-9(2)19-21-13)22-14-18-17-12(20-14)7-10-4-3-5-11(15)6-10/h3-6,8H,7H2,1-2H3/t8-/m0/s1. The number of halogens is 1. The predicted molar refractivity (Wildman–Crippen MR) is 76.8 cm³/mol. The average Bonchev–Trinajstić information content (AvgIpc) is 3.08. The molecule has 0 aliphatic rings. The van der Waals surface area contributed by atoms with E-state index in [2.05, 4.69) is 20.3 Å². The summed E-state index contributed by atoms with van der Waals surface area (Å²) in [5, 5.41) is 12.0. The third-order valence-electron chi connectivity index (χ3n) is 2.86. The molecule has 0 radical (unpaired) electrons. The Morgan fingerprint density at radius 1 is 1.32 bits per heavy atom. The molecule has 8 heteroatoms. The van der Waals surface area contributed by atoms with Crippen LogP contribution < -0.4 is 0 Å². The van der Waals surface area contributed by atoms with E-state index in [0.29, 0.717) is 29.2 Å². The maximum Gasteiger partial charge on any atom is 0.277 e. The average molecular weight is 320 g/mol. The first-order valence-corrected chi connectivity index (χ1v) is 7.52. The van der Waals surface area contributed by atoms with Gasteiger partial charge in [0.15, 0.2) is 5.82 Å². The van der Waals surface area contributed by atoms with Gasteiger partial charge in [0.05, 0.1) is 11.7 Å². The summed E-state index contributed by atoms with van der Waals surface area (Å²) in [6.07, 6.45) is 0.388. The first-order chi connectivity index (χ1) is 10.6. The molecular formula is C14H13FN4O2S. The van der Waals surface area contributed by atoms with Gasteiger partial charge in [0.1, 0.15) is 5.82 Å². The van der Waals surface area contributed by atoms with Gasteiger partial charge in [-0.05, 0) is 31.5 Å². The van der Waals surface area contributed by atoms with Crippen molar-refractivity contribution in [2.75, 3.05) is 0 Å². The van der Waals surface area contributed by atoms with E-state index in [4.69, 9.17) is 8.94 Å². The maximum atomic E-state index is 13.1. The molecule has 0 amide bonds. The number of thioether (sulfide) groups is 1. The summed E-state index contributed by atoms with van der Waals surface area (Å²) in [6.45, 7) is 3.67. The second-order valence-electron chi connectivity index (χ2n) is 4.71. The number of aryl methyl sites for hydroxylation is 1. The van der Waals surface area contributed by atoms with E-state index < -0.39 is 0 Å². The molecule has 6 nitrogen and oxygen atoms in total. The molecule has 0 saturated carbocycles. The van der Waals surface area contributed by atoms with Crippen LogP contribution in [0, 0.1) is 12.7 Å². The number of aromatic nitrogens is 4. The molecule has 114 valence electrons. The van der Waals surface area contributed by atoms with Gasteiger partial charge in [0, 0.05) is 0 Å². The summed E-state index contributed by atoms with van der Waals surface area (Å²) < 4.78 is 23.8. The molecule has 0 aliphatic heterocycles. The highest BCUT2D eigenvalue weighted by atomic mass is 32.2. The fourth-order valence-electron chi connectivity index (χ4n) is 1.86. The van der Waals surface area contributed by atoms with Gasteiger partial charge in [-0.1, -0.05) is 29.1 Å². The first kappa shape index (κ1) is 14.7. The summed E-state index contributed by atoms with van der Waals surface area (Å²) >= 11 is 1.33. The second kappa shape index (κ2) is 6.27. The van der Waals surface area contributed by atoms with Gasteiger partial charge >= 0.3 is 0 Å². The Kier molecular flexibility index (Phi) is 4.19. The maximum absolute atomic E-state index is 13.1. The molecule has 0 fully saturated rings. The van der Waals surface area contributed by atoms with Crippen molar-refractivity contribution in [1.82, 2.24) is 20.3 Å². The van der Waals surface area contributed by atoms with E-state index in [1.165, 1.54) is 23.9 Å². The van der Waals surface area contributed by atoms with E-state index in [9.17, 15) is 4.39 Å². The number of benzene rings is 1. The van der Waals surface area contributed by atoms with E-state index in [1.807, 2.05) is 13.0 Å². The summed E-state index contributed by atoms with van der Waals surface area (Å²) in [6, 6.07) is 6.30. The van der Waals surface area contributed by atoms with Crippen molar-refractivity contribution in [3.05, 3.63) is 53.3 Å². The lowest BCUT2D eigenvalue weighted by molar-refractivity contribution is 0.374. The van der Waals surface area contributed by atoms with Crippen LogP contribution in [0.2, 0.25) is 0 Å². The normalized spacial score (nSPS) is 12.5. The summed E-state index contributed by atoms with van der Waals surface area (Å²) in [4.78, 5) is 4.16. The van der Waals surface area contributed by atoms with E-state index >= 15 is 0 Å². The zero-order valence-corrected chi connectivity index (χ0v) is 12.8. The quantitative estimate of drug-likeness (QED) is 0.667. The van der Waals surface area contributed by atoms with Gasteiger partial charge in [-0.25, -0.2) is 4.39 Å². The summed E-state index contributed by atoms with van der Waals surface area (Å²) in [5.41, 5.74) is 0.778. The van der Waals surface area contributed by atoms with Crippen molar-refractivity contribution >= 4 is 11.8 Å². The fourth-order valence-corrected chi connectivity index (χ4v) is 2.59. The van der Waals surface area contributed by atoms with Crippen LogP contribution in [0.15, 0.2) is 38.4 Å². The van der Waals surface area contributed by atoms with Crippen molar-refractivity contribution in [3.8, 4) is 0 Å². The molecule has 1 atom stereocenters. The highest BCUT2D eigenvalue weighted by Crippen LogP contribution is 2.33. The minimum absolute atomic E-state index is 0.0938. The third kappa shape index (κ3) is 3.51. The topological polar surface area (TPSA) is 77.8 Å². The molecule has 0 saturated heterocycles. The van der Waals surface area contributed by atoms with Crippen LogP contribution in [-0.2, 0) is 6.42 Å². The van der Waals surface area contributed by atoms with Crippen molar-refractivity contribution in [2.24, 2.45) is 0 Å². The highest BCUT2D eigenvalue weighted by Gasteiger charge is 2.18. The van der Waals surface area contributed by atoms with Crippen molar-refractivity contribution < 1.29 is 13.3 Å². The lowest BCUT2D eigenvalue weighted by Gasteiger charge is -2.00. The van der Waals surface area contributed by atoms with Gasteiger partial charge in [-0.2, -0.15) is 4.98 Å². The van der Waals surface area contributed by atoms with Crippen LogP contribution in [-0.4, -0.2) is 20.3 Å². The Labute approximate surface area is 130 Å². The molecule has 2 aromatic heterocycles. The molecule has 0 unspecified atom stereocenters. The van der Waals surface area contributed by atoms with Gasteiger partial charge in [-0.15, -0.1) is 10.2 Å². The number of hydrogen-bond donors (Lipinski definition) is 0. The monoisotopic (exact) mass is 320 g/mol. The Morgan fingerprint density at radius 3 is 2.91 bits per heavy atom. The zero-order valence-electron chi connectivity index (χ0n) is 12.0. The van der Waals surface area contributed by atoms with Crippen molar-refractivity contribution in [2.45, 2.75) is 30.7 Å². The number of hydrogen-bond acceptors (Lipinski definition) is 7. The van der Waals surface area contributed by atoms with Gasteiger partial charge in [0.25, 0.3) is 5.22 Å². The van der Waals surface area contributed by atoms with Crippen LogP contribution in [0.4, 0.5) is 4.39 Å². The summed E-state index contributed by atoms with van der Waals surface area (Å²) in [7, 11) is 0. The number of nitrogens with zero attached hydrogens (tertiary/aromatic N) is 4. The van der Waals surface area contributed by atoms with Crippen molar-refractivity contribution in [1.29, 1.82) is 0 Å². The molecule has 0 aliphatic carbocycles. The lowest BCUT2D eigenvalue weighted by Crippen LogP contribution is -1.89. The molecule has 0 N–H and O–H groups in total. The minimum Gasteiger partial charge on any atom is -0.416 e. The van der Waals surface area contributed by atoms with E-state index in [1.54, 1.807) is 13.0 Å². The smallest absolute Gasteiger partial charge is 0.277 e. The molecule has 2 heterocycles. The number of rotatable bonds is 5. The molecule has 22 heavy (non-hydrogen) atoms. The molecule has 3 aromatic rings. The Bertz CT molecular complexity index is 774. The zero-order chi connectivity index (χ0) is 15.5. The van der Waals surface area contributed by atoms with Crippen molar-refractivity contribution in [3.63, 3.8) is 0 Å². The Hall–Kier alpha value is -2.22.